The van der Waals surface area contributed by atoms with Crippen LogP contribution in [0.2, 0.25) is 0 Å². The van der Waals surface area contributed by atoms with E-state index in [9.17, 15) is 0 Å². The monoisotopic (exact) mass is 298 g/mol. The fraction of sp³-hybridized carbons (Fsp3) is 0.500. The molecule has 0 aliphatic carbocycles. The van der Waals surface area contributed by atoms with Gasteiger partial charge in [0, 0.05) is 44.2 Å². The zero-order valence-corrected chi connectivity index (χ0v) is 13.6. The molecular formula is C18H26N4. The van der Waals surface area contributed by atoms with Gasteiger partial charge in [-0.05, 0) is 37.6 Å². The van der Waals surface area contributed by atoms with Crippen molar-refractivity contribution in [2.24, 2.45) is 5.73 Å². The van der Waals surface area contributed by atoms with Gasteiger partial charge < -0.3 is 10.6 Å². The second-order valence-corrected chi connectivity index (χ2v) is 6.32. The van der Waals surface area contributed by atoms with Crippen LogP contribution in [0, 0.1) is 6.92 Å². The van der Waals surface area contributed by atoms with Crippen LogP contribution in [0.5, 0.6) is 0 Å². The number of anilines is 1. The van der Waals surface area contributed by atoms with Crippen molar-refractivity contribution in [3.63, 3.8) is 0 Å². The van der Waals surface area contributed by atoms with Gasteiger partial charge in [0.2, 0.25) is 0 Å². The predicted molar refractivity (Wildman–Crippen MR) is 93.4 cm³/mol. The van der Waals surface area contributed by atoms with Crippen molar-refractivity contribution in [1.82, 2.24) is 9.88 Å². The molecule has 1 fully saturated rings. The highest BCUT2D eigenvalue weighted by molar-refractivity contribution is 5.81. The van der Waals surface area contributed by atoms with E-state index in [1.807, 2.05) is 0 Å². The van der Waals surface area contributed by atoms with E-state index in [0.717, 1.165) is 50.5 Å². The maximum Gasteiger partial charge on any atom is 0.129 e. The number of hydrogen-bond donors (Lipinski definition) is 1. The minimum atomic E-state index is 0.300. The van der Waals surface area contributed by atoms with Crippen LogP contribution in [0.4, 0.5) is 5.82 Å². The van der Waals surface area contributed by atoms with E-state index in [1.54, 1.807) is 0 Å². The Morgan fingerprint density at radius 3 is 2.64 bits per heavy atom. The Labute approximate surface area is 132 Å². The molecule has 2 heterocycles. The number of nitrogens with two attached hydrogens (primary N) is 1. The second-order valence-electron chi connectivity index (χ2n) is 6.32. The Hall–Kier alpha value is -1.65. The van der Waals surface area contributed by atoms with E-state index < -0.39 is 0 Å². The minimum absolute atomic E-state index is 0.300. The molecule has 4 heteroatoms. The zero-order chi connectivity index (χ0) is 15.5. The fourth-order valence-electron chi connectivity index (χ4n) is 3.03. The third kappa shape index (κ3) is 3.39. The van der Waals surface area contributed by atoms with Gasteiger partial charge in [0.05, 0.1) is 5.52 Å². The molecule has 1 aliphatic heterocycles. The van der Waals surface area contributed by atoms with Crippen molar-refractivity contribution in [2.45, 2.75) is 26.3 Å². The van der Waals surface area contributed by atoms with E-state index in [1.165, 1.54) is 10.9 Å². The van der Waals surface area contributed by atoms with Crippen molar-refractivity contribution in [3.05, 3.63) is 35.9 Å². The first kappa shape index (κ1) is 15.3. The summed E-state index contributed by atoms with van der Waals surface area (Å²) in [5, 5.41) is 1.22. The number of aryl methyl sites for hydroxylation is 1. The maximum atomic E-state index is 6.06. The molecular weight excluding hydrogens is 272 g/mol. The van der Waals surface area contributed by atoms with Gasteiger partial charge in [-0.3, -0.25) is 4.90 Å². The molecule has 1 atom stereocenters. The number of aromatic nitrogens is 1. The van der Waals surface area contributed by atoms with Crippen LogP contribution in [-0.2, 0) is 0 Å². The Bertz CT molecular complexity index is 632. The molecule has 2 N–H and O–H groups in total. The zero-order valence-electron chi connectivity index (χ0n) is 13.6. The predicted octanol–water partition coefficient (Wildman–Crippen LogP) is 2.40. The number of piperazine rings is 1. The van der Waals surface area contributed by atoms with Gasteiger partial charge in [0.25, 0.3) is 0 Å². The molecule has 4 nitrogen and oxygen atoms in total. The molecule has 1 saturated heterocycles. The molecule has 118 valence electrons. The van der Waals surface area contributed by atoms with Gasteiger partial charge in [0.15, 0.2) is 0 Å². The summed E-state index contributed by atoms with van der Waals surface area (Å²) in [4.78, 5) is 9.67. The van der Waals surface area contributed by atoms with Crippen molar-refractivity contribution in [1.29, 1.82) is 0 Å². The van der Waals surface area contributed by atoms with Crippen molar-refractivity contribution >= 4 is 16.7 Å². The molecule has 0 spiro atoms. The van der Waals surface area contributed by atoms with Crippen LogP contribution in [0.1, 0.15) is 18.9 Å². The number of benzene rings is 1. The van der Waals surface area contributed by atoms with Crippen LogP contribution in [0.15, 0.2) is 30.3 Å². The lowest BCUT2D eigenvalue weighted by Crippen LogP contribution is -2.50. The normalized spacial score (nSPS) is 17.9. The largest absolute Gasteiger partial charge is 0.354 e. The Morgan fingerprint density at radius 1 is 1.14 bits per heavy atom. The molecule has 1 aliphatic rings. The molecule has 3 rings (SSSR count). The summed E-state index contributed by atoms with van der Waals surface area (Å²) in [7, 11) is 0. The molecule has 0 radical (unpaired) electrons. The van der Waals surface area contributed by atoms with Gasteiger partial charge in [-0.1, -0.05) is 18.6 Å². The highest BCUT2D eigenvalue weighted by Crippen LogP contribution is 2.20. The Balaban J connectivity index is 1.67. The molecule has 22 heavy (non-hydrogen) atoms. The molecule has 1 aromatic heterocycles. The number of nitrogens with zero attached hydrogens (tertiary/aromatic N) is 3. The lowest BCUT2D eigenvalue weighted by atomic mass is 10.1. The molecule has 0 amide bonds. The van der Waals surface area contributed by atoms with Crippen molar-refractivity contribution in [3.8, 4) is 0 Å². The summed E-state index contributed by atoms with van der Waals surface area (Å²) in [6, 6.07) is 11.1. The average molecular weight is 298 g/mol. The highest BCUT2D eigenvalue weighted by atomic mass is 15.3. The smallest absolute Gasteiger partial charge is 0.129 e. The quantitative estimate of drug-likeness (QED) is 0.941. The fourth-order valence-corrected chi connectivity index (χ4v) is 3.03. The lowest BCUT2D eigenvalue weighted by Gasteiger charge is -2.36. The van der Waals surface area contributed by atoms with Gasteiger partial charge in [-0.2, -0.15) is 0 Å². The molecule has 1 unspecified atom stereocenters. The molecule has 2 aromatic rings. The standard InChI is InChI=1S/C18H26N4/c1-3-16(19)13-21-8-10-22(11-9-21)18-7-5-15-12-14(2)4-6-17(15)20-18/h4-7,12,16H,3,8-11,13,19H2,1-2H3. The van der Waals surface area contributed by atoms with Crippen molar-refractivity contribution < 1.29 is 0 Å². The third-order valence-electron chi connectivity index (χ3n) is 4.54. The van der Waals surface area contributed by atoms with Crippen molar-refractivity contribution in [2.75, 3.05) is 37.6 Å². The van der Waals surface area contributed by atoms with Gasteiger partial charge >= 0.3 is 0 Å². The summed E-state index contributed by atoms with van der Waals surface area (Å²) in [6.45, 7) is 9.48. The highest BCUT2D eigenvalue weighted by Gasteiger charge is 2.19. The van der Waals surface area contributed by atoms with Gasteiger partial charge in [0.1, 0.15) is 5.82 Å². The first-order valence-electron chi connectivity index (χ1n) is 8.26. The number of pyridine rings is 1. The second kappa shape index (κ2) is 6.63. The Kier molecular flexibility index (Phi) is 4.60. The number of hydrogen-bond acceptors (Lipinski definition) is 4. The summed E-state index contributed by atoms with van der Waals surface area (Å²) < 4.78 is 0. The van der Waals surface area contributed by atoms with E-state index in [4.69, 9.17) is 10.7 Å². The van der Waals surface area contributed by atoms with Gasteiger partial charge in [-0.25, -0.2) is 4.98 Å². The first-order chi connectivity index (χ1) is 10.7. The SMILES string of the molecule is CCC(N)CN1CCN(c2ccc3cc(C)ccc3n2)CC1. The van der Waals surface area contributed by atoms with Crippen LogP contribution in [0.3, 0.4) is 0 Å². The Morgan fingerprint density at radius 2 is 1.91 bits per heavy atom. The summed E-state index contributed by atoms with van der Waals surface area (Å²) in [5.41, 5.74) is 8.42. The van der Waals surface area contributed by atoms with Crippen LogP contribution in [-0.4, -0.2) is 48.6 Å². The third-order valence-corrected chi connectivity index (χ3v) is 4.54. The van der Waals surface area contributed by atoms with Gasteiger partial charge in [-0.15, -0.1) is 0 Å². The van der Waals surface area contributed by atoms with E-state index >= 15 is 0 Å². The molecule has 1 aromatic carbocycles. The van der Waals surface area contributed by atoms with E-state index in [-0.39, 0.29) is 0 Å². The topological polar surface area (TPSA) is 45.4 Å². The summed E-state index contributed by atoms with van der Waals surface area (Å²) in [5.74, 6) is 1.09. The average Bonchev–Trinajstić information content (AvgIpc) is 2.55. The van der Waals surface area contributed by atoms with E-state index in [0.29, 0.717) is 6.04 Å². The minimum Gasteiger partial charge on any atom is -0.354 e. The summed E-state index contributed by atoms with van der Waals surface area (Å²) in [6.07, 6.45) is 1.05. The van der Waals surface area contributed by atoms with Crippen LogP contribution in [0.25, 0.3) is 10.9 Å². The number of rotatable bonds is 4. The summed E-state index contributed by atoms with van der Waals surface area (Å²) >= 11 is 0. The van der Waals surface area contributed by atoms with Crippen LogP contribution < -0.4 is 10.6 Å². The molecule has 0 saturated carbocycles. The molecule has 0 bridgehead atoms. The number of fused-ring (bicyclic) bond motifs is 1. The lowest BCUT2D eigenvalue weighted by molar-refractivity contribution is 0.240. The van der Waals surface area contributed by atoms with E-state index in [2.05, 4.69) is 54.0 Å². The van der Waals surface area contributed by atoms with Crippen LogP contribution >= 0.6 is 0 Å². The first-order valence-corrected chi connectivity index (χ1v) is 8.26. The maximum absolute atomic E-state index is 6.06.